The Balaban J connectivity index is 1.28. The van der Waals surface area contributed by atoms with Gasteiger partial charge in [0.05, 0.1) is 24.1 Å². The number of rotatable bonds is 5. The molecule has 9 heteroatoms. The van der Waals surface area contributed by atoms with Gasteiger partial charge in [-0.05, 0) is 43.4 Å². The van der Waals surface area contributed by atoms with E-state index in [0.717, 1.165) is 28.2 Å². The molecule has 1 N–H and O–H groups in total. The molecule has 2 aromatic carbocycles. The van der Waals surface area contributed by atoms with Crippen LogP contribution in [0.25, 0.3) is 22.4 Å². The third-order valence-electron chi connectivity index (χ3n) is 4.42. The number of fused-ring (bicyclic) bond motifs is 2. The van der Waals surface area contributed by atoms with Crippen LogP contribution in [0.3, 0.4) is 0 Å². The predicted molar refractivity (Wildman–Crippen MR) is 102 cm³/mol. The van der Waals surface area contributed by atoms with Crippen LogP contribution in [0, 0.1) is 0 Å². The average Bonchev–Trinajstić information content (AvgIpc) is 3.39. The van der Waals surface area contributed by atoms with Crippen LogP contribution in [-0.2, 0) is 13.1 Å². The molecule has 28 heavy (non-hydrogen) atoms. The summed E-state index contributed by atoms with van der Waals surface area (Å²) in [6.45, 7) is 1.33. The first-order chi connectivity index (χ1) is 13.6. The SMILES string of the molecule is CN(Cc1nc2ccc(Cl)cc2[nH]1)Cc1nc(-c2ccc3c(c2)OCO3)no1. The molecule has 4 aromatic rings. The summed E-state index contributed by atoms with van der Waals surface area (Å²) in [6, 6.07) is 11.2. The van der Waals surface area contributed by atoms with Gasteiger partial charge in [-0.3, -0.25) is 4.90 Å². The molecule has 0 fully saturated rings. The molecule has 0 saturated heterocycles. The van der Waals surface area contributed by atoms with Gasteiger partial charge in [-0.2, -0.15) is 4.98 Å². The third kappa shape index (κ3) is 3.28. The second-order valence-electron chi connectivity index (χ2n) is 6.60. The largest absolute Gasteiger partial charge is 0.454 e. The van der Waals surface area contributed by atoms with Crippen molar-refractivity contribution in [3.05, 3.63) is 53.1 Å². The summed E-state index contributed by atoms with van der Waals surface area (Å²) in [5.74, 6) is 3.29. The van der Waals surface area contributed by atoms with Crippen molar-refractivity contribution < 1.29 is 14.0 Å². The Labute approximate surface area is 165 Å². The summed E-state index contributed by atoms with van der Waals surface area (Å²) in [6.07, 6.45) is 0. The number of aromatic nitrogens is 4. The van der Waals surface area contributed by atoms with Gasteiger partial charge in [0.2, 0.25) is 18.5 Å². The number of nitrogens with one attached hydrogen (secondary N) is 1. The maximum Gasteiger partial charge on any atom is 0.241 e. The van der Waals surface area contributed by atoms with Crippen LogP contribution in [0.15, 0.2) is 40.9 Å². The summed E-state index contributed by atoms with van der Waals surface area (Å²) in [7, 11) is 1.96. The molecule has 8 nitrogen and oxygen atoms in total. The highest BCUT2D eigenvalue weighted by Gasteiger charge is 2.17. The summed E-state index contributed by atoms with van der Waals surface area (Å²) in [5, 5.41) is 4.75. The monoisotopic (exact) mass is 397 g/mol. The number of halogens is 1. The molecule has 0 bridgehead atoms. The number of nitrogens with zero attached hydrogens (tertiary/aromatic N) is 4. The van der Waals surface area contributed by atoms with Crippen molar-refractivity contribution in [3.63, 3.8) is 0 Å². The van der Waals surface area contributed by atoms with Gasteiger partial charge in [0.25, 0.3) is 0 Å². The van der Waals surface area contributed by atoms with Crippen LogP contribution < -0.4 is 9.47 Å². The highest BCUT2D eigenvalue weighted by Crippen LogP contribution is 2.35. The fourth-order valence-electron chi connectivity index (χ4n) is 3.12. The number of ether oxygens (including phenoxy) is 2. The number of H-pyrrole nitrogens is 1. The molecule has 5 rings (SSSR count). The highest BCUT2D eigenvalue weighted by molar-refractivity contribution is 6.31. The van der Waals surface area contributed by atoms with Gasteiger partial charge in [-0.25, -0.2) is 4.98 Å². The topological polar surface area (TPSA) is 89.3 Å². The van der Waals surface area contributed by atoms with Gasteiger partial charge < -0.3 is 19.0 Å². The molecule has 2 aromatic heterocycles. The molecular weight excluding hydrogens is 382 g/mol. The van der Waals surface area contributed by atoms with Crippen LogP contribution in [0.4, 0.5) is 0 Å². The number of hydrogen-bond donors (Lipinski definition) is 1. The van der Waals surface area contributed by atoms with Crippen molar-refractivity contribution >= 4 is 22.6 Å². The van der Waals surface area contributed by atoms with E-state index in [0.29, 0.717) is 35.6 Å². The van der Waals surface area contributed by atoms with Crippen molar-refractivity contribution in [2.24, 2.45) is 0 Å². The summed E-state index contributed by atoms with van der Waals surface area (Å²) in [4.78, 5) is 14.4. The second-order valence-corrected chi connectivity index (χ2v) is 7.03. The smallest absolute Gasteiger partial charge is 0.241 e. The fourth-order valence-corrected chi connectivity index (χ4v) is 3.30. The van der Waals surface area contributed by atoms with Crippen LogP contribution in [0.5, 0.6) is 11.5 Å². The van der Waals surface area contributed by atoms with E-state index >= 15 is 0 Å². The Morgan fingerprint density at radius 1 is 1.07 bits per heavy atom. The number of imidazole rings is 1. The molecule has 0 radical (unpaired) electrons. The molecule has 0 saturated carbocycles. The maximum atomic E-state index is 6.02. The van der Waals surface area contributed by atoms with E-state index in [1.807, 2.05) is 48.3 Å². The second kappa shape index (κ2) is 6.81. The Kier molecular flexibility index (Phi) is 4.14. The van der Waals surface area contributed by atoms with Gasteiger partial charge >= 0.3 is 0 Å². The lowest BCUT2D eigenvalue weighted by atomic mass is 10.2. The van der Waals surface area contributed by atoms with Crippen molar-refractivity contribution in [1.82, 2.24) is 25.0 Å². The van der Waals surface area contributed by atoms with Crippen molar-refractivity contribution in [1.29, 1.82) is 0 Å². The minimum atomic E-state index is 0.231. The lowest BCUT2D eigenvalue weighted by Crippen LogP contribution is -2.18. The standard InChI is InChI=1S/C19H16ClN5O3/c1-25(8-17-21-13-4-3-12(20)7-14(13)22-17)9-18-23-19(24-28-18)11-2-5-15-16(6-11)27-10-26-15/h2-7H,8-10H2,1H3,(H,21,22). The van der Waals surface area contributed by atoms with Crippen LogP contribution in [0.2, 0.25) is 5.02 Å². The first kappa shape index (κ1) is 17.0. The Hall–Kier alpha value is -3.10. The van der Waals surface area contributed by atoms with Gasteiger partial charge in [0.15, 0.2) is 11.5 Å². The summed E-state index contributed by atoms with van der Waals surface area (Å²) < 4.78 is 16.1. The molecule has 0 spiro atoms. The minimum absolute atomic E-state index is 0.231. The van der Waals surface area contributed by atoms with Crippen LogP contribution in [-0.4, -0.2) is 38.8 Å². The van der Waals surface area contributed by atoms with E-state index in [-0.39, 0.29) is 6.79 Å². The molecule has 3 heterocycles. The highest BCUT2D eigenvalue weighted by atomic mass is 35.5. The van der Waals surface area contributed by atoms with Gasteiger partial charge in [0, 0.05) is 10.6 Å². The molecule has 0 aliphatic carbocycles. The number of aromatic amines is 1. The quantitative estimate of drug-likeness (QED) is 0.550. The summed E-state index contributed by atoms with van der Waals surface area (Å²) in [5.41, 5.74) is 2.62. The van der Waals surface area contributed by atoms with Crippen molar-refractivity contribution in [2.75, 3.05) is 13.8 Å². The Bertz CT molecular complexity index is 1160. The maximum absolute atomic E-state index is 6.02. The van der Waals surface area contributed by atoms with Gasteiger partial charge in [-0.1, -0.05) is 16.8 Å². The van der Waals surface area contributed by atoms with E-state index in [2.05, 4.69) is 20.1 Å². The Morgan fingerprint density at radius 3 is 2.89 bits per heavy atom. The lowest BCUT2D eigenvalue weighted by molar-refractivity contribution is 0.174. The molecule has 1 aliphatic rings. The van der Waals surface area contributed by atoms with E-state index in [9.17, 15) is 0 Å². The van der Waals surface area contributed by atoms with E-state index < -0.39 is 0 Å². The summed E-state index contributed by atoms with van der Waals surface area (Å²) >= 11 is 6.02. The van der Waals surface area contributed by atoms with E-state index in [1.165, 1.54) is 0 Å². The predicted octanol–water partition coefficient (Wildman–Crippen LogP) is 3.63. The van der Waals surface area contributed by atoms with Gasteiger partial charge in [0.1, 0.15) is 5.82 Å². The fraction of sp³-hybridized carbons (Fsp3) is 0.211. The molecular formula is C19H16ClN5O3. The van der Waals surface area contributed by atoms with Crippen LogP contribution in [0.1, 0.15) is 11.7 Å². The minimum Gasteiger partial charge on any atom is -0.454 e. The molecule has 0 amide bonds. The number of hydrogen-bond acceptors (Lipinski definition) is 7. The van der Waals surface area contributed by atoms with Crippen molar-refractivity contribution in [2.45, 2.75) is 13.1 Å². The van der Waals surface area contributed by atoms with Gasteiger partial charge in [-0.15, -0.1) is 0 Å². The lowest BCUT2D eigenvalue weighted by Gasteiger charge is -2.11. The van der Waals surface area contributed by atoms with Crippen LogP contribution >= 0.6 is 11.6 Å². The normalized spacial score (nSPS) is 13.0. The Morgan fingerprint density at radius 2 is 1.96 bits per heavy atom. The zero-order valence-corrected chi connectivity index (χ0v) is 15.7. The molecule has 142 valence electrons. The molecule has 1 aliphatic heterocycles. The molecule has 0 unspecified atom stereocenters. The third-order valence-corrected chi connectivity index (χ3v) is 4.65. The first-order valence-corrected chi connectivity index (χ1v) is 9.07. The molecule has 0 atom stereocenters. The van der Waals surface area contributed by atoms with E-state index in [4.69, 9.17) is 25.6 Å². The zero-order valence-electron chi connectivity index (χ0n) is 15.0. The first-order valence-electron chi connectivity index (χ1n) is 8.69. The van der Waals surface area contributed by atoms with E-state index in [1.54, 1.807) is 0 Å². The van der Waals surface area contributed by atoms with Crippen molar-refractivity contribution in [3.8, 4) is 22.9 Å². The number of benzene rings is 2. The average molecular weight is 398 g/mol. The zero-order chi connectivity index (χ0) is 19.1.